The van der Waals surface area contributed by atoms with Crippen molar-refractivity contribution in [1.82, 2.24) is 73.0 Å². The maximum Gasteiger partial charge on any atom is 0.303 e. The van der Waals surface area contributed by atoms with Gasteiger partial charge in [-0.2, -0.15) is 37.9 Å². The van der Waals surface area contributed by atoms with E-state index in [4.69, 9.17) is 22.9 Å². The third-order valence-electron chi connectivity index (χ3n) is 16.3. The first-order valence-electron chi connectivity index (χ1n) is 32.6. The van der Waals surface area contributed by atoms with Gasteiger partial charge in [-0.3, -0.25) is 67.3 Å². The number of amides is 12. The Morgan fingerprint density at radius 2 is 1.10 bits per heavy atom. The van der Waals surface area contributed by atoms with Gasteiger partial charge in [0.25, 0.3) is 0 Å². The number of carbonyl (C=O) groups excluding carboxylic acids is 12. The van der Waals surface area contributed by atoms with Crippen molar-refractivity contribution < 1.29 is 87.5 Å². The molecule has 0 spiro atoms. The number of aromatic amines is 2. The van der Waals surface area contributed by atoms with Gasteiger partial charge in [-0.15, -0.1) is 0 Å². The Labute approximate surface area is 613 Å². The molecule has 4 aromatic rings. The Kier molecular flexibility index (Phi) is 36.1. The molecule has 1 radical (unpaired) electrons. The first-order chi connectivity index (χ1) is 47.7. The SMILES string of the molecule is CC(=O)N[C@@H](CS)C(=O)N[C@@H](CS)C(=O)N[C@@H](CCC(=O)O)C(=O)N[C@@H](Cc1cnc[nH]1)C(=O)N[C@H](Cc1ccccc1)C(=O)N[C@@H](CCCN=C(N)N)C(=O)N[C@@H](Cc1c[nH]c2ccccc12)C(=O)N[C@@H](CS)C(=O)N[C@@H](CCCCN)C(=O)N1CCC[C@H]1C(=O)N[C@H](C(N)=O)C(C)C.[Tc]. The molecular formula is C64H93N19O14S3Tc. The zero-order valence-electron chi connectivity index (χ0n) is 56.2. The van der Waals surface area contributed by atoms with Crippen molar-refractivity contribution in [3.05, 3.63) is 90.1 Å². The Bertz CT molecular complexity index is 3500. The number of para-hydroxylation sites is 1. The topological polar surface area (TPSA) is 527 Å². The summed E-state index contributed by atoms with van der Waals surface area (Å²) in [5.41, 5.74) is 24.8. The number of guanidine groups is 1. The number of imidazole rings is 1. The predicted octanol–water partition coefficient (Wildman–Crippen LogP) is -3.25. The first-order valence-corrected chi connectivity index (χ1v) is 34.5. The van der Waals surface area contributed by atoms with Crippen molar-refractivity contribution >= 4 is 132 Å². The molecule has 101 heavy (non-hydrogen) atoms. The third-order valence-corrected chi connectivity index (χ3v) is 17.4. The number of aliphatic imine (C=N–C) groups is 1. The van der Waals surface area contributed by atoms with Crippen LogP contribution in [0.1, 0.15) is 95.4 Å². The summed E-state index contributed by atoms with van der Waals surface area (Å²) < 4.78 is 0. The second-order valence-electron chi connectivity index (χ2n) is 24.3. The quantitative estimate of drug-likeness (QED) is 0.00897. The summed E-state index contributed by atoms with van der Waals surface area (Å²) in [6, 6.07) is 0.413. The number of aliphatic carboxylic acids is 1. The van der Waals surface area contributed by atoms with Crippen LogP contribution in [0.15, 0.2) is 78.3 Å². The van der Waals surface area contributed by atoms with Crippen molar-refractivity contribution in [2.24, 2.45) is 33.8 Å². The van der Waals surface area contributed by atoms with Crippen molar-refractivity contribution in [3.63, 3.8) is 0 Å². The summed E-state index contributed by atoms with van der Waals surface area (Å²) in [6.07, 6.45) is 3.88. The predicted molar refractivity (Wildman–Crippen MR) is 379 cm³/mol. The first kappa shape index (κ1) is 84.6. The van der Waals surface area contributed by atoms with E-state index in [1.807, 2.05) is 0 Å². The number of aromatic nitrogens is 3. The molecule has 1 aliphatic rings. The molecule has 37 heteroatoms. The monoisotopic (exact) mass is 1540 g/mol. The molecule has 0 unspecified atom stereocenters. The number of rotatable bonds is 42. The number of carboxylic acids is 1. The Morgan fingerprint density at radius 3 is 1.62 bits per heavy atom. The number of hydrogen-bond acceptors (Lipinski definition) is 19. The zero-order valence-corrected chi connectivity index (χ0v) is 60.8. The molecule has 5 rings (SSSR count). The number of H-pyrrole nitrogens is 2. The molecule has 33 nitrogen and oxygen atoms in total. The van der Waals surface area contributed by atoms with Gasteiger partial charge >= 0.3 is 5.97 Å². The minimum atomic E-state index is -1.66. The van der Waals surface area contributed by atoms with Crippen LogP contribution in [0.3, 0.4) is 0 Å². The fourth-order valence-electron chi connectivity index (χ4n) is 11.0. The zero-order chi connectivity index (χ0) is 73.6. The average Bonchev–Trinajstić information content (AvgIpc) is 1.73. The van der Waals surface area contributed by atoms with Crippen LogP contribution in [-0.4, -0.2) is 211 Å². The number of carboxylic acid groups (broad SMARTS) is 1. The smallest absolute Gasteiger partial charge is 0.303 e. The summed E-state index contributed by atoms with van der Waals surface area (Å²) >= 11 is 12.7. The number of nitrogens with one attached hydrogen (secondary N) is 12. The molecule has 0 aliphatic carbocycles. The van der Waals surface area contributed by atoms with Crippen LogP contribution >= 0.6 is 37.9 Å². The van der Waals surface area contributed by atoms with Gasteiger partial charge in [0, 0.05) is 112 Å². The van der Waals surface area contributed by atoms with Crippen LogP contribution < -0.4 is 76.1 Å². The van der Waals surface area contributed by atoms with Gasteiger partial charge in [0.2, 0.25) is 70.9 Å². The largest absolute Gasteiger partial charge is 0.481 e. The maximum absolute atomic E-state index is 15.1. The van der Waals surface area contributed by atoms with E-state index in [2.05, 4.69) is 111 Å². The standard InChI is InChI=1S/C64H93N19O14S3.Tc/c1-34(2)52(53(66)87)82-62(96)50-19-12-24-83(50)63(97)43(17-9-10-22-65)76-61(95)49(32-100)80-57(91)45(26-37-28-71-40-16-8-7-15-39(37)40)78-54(88)41(18-11-23-70-64(67)68)74-56(90)44(25-36-13-5-4-6-14-36)77-58(92)46(27-38-29-69-33-72-38)79-55(89)42(20-21-51(85)86)75-60(94)48(31-99)81-59(93)47(30-98)73-35(3)84;/h4-8,13-16,28-29,33-34,41-50,52,71,98-100H,9-12,17-27,30-32,65H2,1-3H3,(H2,66,87)(H,69,72)(H,73,84)(H,74,90)(H,75,94)(H,76,95)(H,77,92)(H,78,88)(H,79,89)(H,80,91)(H,81,93)(H,82,96)(H,85,86)(H4,67,68,70);/t41-,42-,43-,44+,45-,46-,47-,48-,49-,50-,52-;/m0./s1. The van der Waals surface area contributed by atoms with Crippen LogP contribution in [0.2, 0.25) is 0 Å². The van der Waals surface area contributed by atoms with Crippen LogP contribution in [-0.2, 0) is 102 Å². The second-order valence-corrected chi connectivity index (χ2v) is 25.4. The van der Waals surface area contributed by atoms with E-state index in [1.54, 1.807) is 74.6 Å². The number of nitrogens with two attached hydrogens (primary N) is 4. The fourth-order valence-corrected chi connectivity index (χ4v) is 11.8. The van der Waals surface area contributed by atoms with Gasteiger partial charge in [0.1, 0.15) is 66.5 Å². The molecule has 1 aliphatic heterocycles. The third kappa shape index (κ3) is 27.3. The molecule has 21 N–H and O–H groups in total. The molecule has 1 fully saturated rings. The molecule has 0 bridgehead atoms. The molecule has 1 saturated heterocycles. The van der Waals surface area contributed by atoms with E-state index in [0.717, 1.165) is 0 Å². The Morgan fingerprint density at radius 1 is 0.604 bits per heavy atom. The van der Waals surface area contributed by atoms with Gasteiger partial charge in [-0.05, 0) is 81.0 Å². The Hall–Kier alpha value is -8.77. The van der Waals surface area contributed by atoms with E-state index in [-0.39, 0.29) is 114 Å². The van der Waals surface area contributed by atoms with E-state index in [0.29, 0.717) is 47.0 Å². The molecule has 11 atom stereocenters. The van der Waals surface area contributed by atoms with Gasteiger partial charge in [0.05, 0.1) is 6.33 Å². The molecule has 2 aromatic carbocycles. The van der Waals surface area contributed by atoms with Gasteiger partial charge in [-0.25, -0.2) is 4.98 Å². The number of primary amides is 1. The van der Waals surface area contributed by atoms with E-state index in [1.165, 1.54) is 24.3 Å². The van der Waals surface area contributed by atoms with E-state index >= 15 is 9.59 Å². The van der Waals surface area contributed by atoms with Crippen LogP contribution in [0.25, 0.3) is 10.9 Å². The second kappa shape index (κ2) is 43.1. The average molecular weight is 1550 g/mol. The van der Waals surface area contributed by atoms with Crippen LogP contribution in [0, 0.1) is 5.92 Å². The number of benzene rings is 2. The minimum absolute atomic E-state index is 0. The summed E-state index contributed by atoms with van der Waals surface area (Å²) in [7, 11) is 0. The Balaban J connectivity index is 0.0000216. The van der Waals surface area contributed by atoms with Crippen LogP contribution in [0.4, 0.5) is 0 Å². The summed E-state index contributed by atoms with van der Waals surface area (Å²) in [5, 5.41) is 36.5. The normalized spacial score (nSPS) is 15.5. The molecule has 553 valence electrons. The number of hydrogen-bond donors (Lipinski definition) is 20. The summed E-state index contributed by atoms with van der Waals surface area (Å²) in [4.78, 5) is 195. The minimum Gasteiger partial charge on any atom is -0.481 e. The van der Waals surface area contributed by atoms with Gasteiger partial charge in [-0.1, -0.05) is 62.4 Å². The molecule has 2 aromatic heterocycles. The molecule has 12 amide bonds. The van der Waals surface area contributed by atoms with Crippen LogP contribution in [0.5, 0.6) is 0 Å². The summed E-state index contributed by atoms with van der Waals surface area (Å²) in [5.74, 6) is -12.7. The fraction of sp³-hybridized carbons (Fsp3) is 0.516. The van der Waals surface area contributed by atoms with E-state index in [9.17, 15) is 57.8 Å². The molecular weight excluding hydrogens is 1450 g/mol. The van der Waals surface area contributed by atoms with Gasteiger partial charge < -0.3 is 96.1 Å². The number of nitrogens with zero attached hydrogens (tertiary/aromatic N) is 3. The van der Waals surface area contributed by atoms with Crippen molar-refractivity contribution in [2.45, 2.75) is 164 Å². The maximum atomic E-state index is 15.1. The van der Waals surface area contributed by atoms with E-state index < -0.39 is 156 Å². The number of likely N-dealkylation sites (tertiary alicyclic amines) is 1. The van der Waals surface area contributed by atoms with Crippen molar-refractivity contribution in [1.29, 1.82) is 0 Å². The van der Waals surface area contributed by atoms with Gasteiger partial charge in [0.15, 0.2) is 5.96 Å². The number of carbonyl (C=O) groups is 13. The number of thiol groups is 3. The molecule has 3 heterocycles. The molecule has 0 saturated carbocycles. The van der Waals surface area contributed by atoms with Crippen molar-refractivity contribution in [3.8, 4) is 0 Å². The number of fused-ring (bicyclic) bond motifs is 1. The number of unbranched alkanes of at least 4 members (excludes halogenated alkanes) is 1. The van der Waals surface area contributed by atoms with Crippen molar-refractivity contribution in [2.75, 3.05) is 36.9 Å². The summed E-state index contributed by atoms with van der Waals surface area (Å²) in [6.45, 7) is 4.98.